The van der Waals surface area contributed by atoms with Crippen molar-refractivity contribution in [1.29, 1.82) is 0 Å². The van der Waals surface area contributed by atoms with Crippen LogP contribution >= 0.6 is 0 Å². The van der Waals surface area contributed by atoms with Crippen molar-refractivity contribution < 1.29 is 4.42 Å². The van der Waals surface area contributed by atoms with Crippen LogP contribution < -0.4 is 5.32 Å². The summed E-state index contributed by atoms with van der Waals surface area (Å²) in [5.74, 6) is 0.937. The van der Waals surface area contributed by atoms with Gasteiger partial charge in [0.2, 0.25) is 0 Å². The molecule has 1 atom stereocenters. The van der Waals surface area contributed by atoms with Gasteiger partial charge in [0.05, 0.1) is 12.3 Å². The topological polar surface area (TPSA) is 30.1 Å². The SMILES string of the molecule is Cn1ccc(CNC(c2ccccc2)c2ccco2)c1. The van der Waals surface area contributed by atoms with Gasteiger partial charge >= 0.3 is 0 Å². The fourth-order valence-electron chi connectivity index (χ4n) is 2.37. The molecule has 0 fully saturated rings. The van der Waals surface area contributed by atoms with Crippen molar-refractivity contribution in [2.45, 2.75) is 12.6 Å². The van der Waals surface area contributed by atoms with Gasteiger partial charge in [-0.2, -0.15) is 0 Å². The number of nitrogens with one attached hydrogen (secondary N) is 1. The molecule has 20 heavy (non-hydrogen) atoms. The molecule has 102 valence electrons. The summed E-state index contributed by atoms with van der Waals surface area (Å²) in [6, 6.07) is 16.5. The van der Waals surface area contributed by atoms with E-state index in [0.29, 0.717) is 0 Å². The Morgan fingerprint density at radius 1 is 1.10 bits per heavy atom. The molecular weight excluding hydrogens is 248 g/mol. The highest BCUT2D eigenvalue weighted by Crippen LogP contribution is 2.22. The molecule has 2 aromatic heterocycles. The minimum Gasteiger partial charge on any atom is -0.467 e. The van der Waals surface area contributed by atoms with Crippen LogP contribution in [0.2, 0.25) is 0 Å². The summed E-state index contributed by atoms with van der Waals surface area (Å²) in [6.45, 7) is 0.807. The molecule has 0 spiro atoms. The van der Waals surface area contributed by atoms with Crippen LogP contribution in [-0.2, 0) is 13.6 Å². The number of rotatable bonds is 5. The first-order valence-electron chi connectivity index (χ1n) is 6.75. The van der Waals surface area contributed by atoms with Crippen molar-refractivity contribution in [1.82, 2.24) is 9.88 Å². The van der Waals surface area contributed by atoms with Gasteiger partial charge in [-0.05, 0) is 29.3 Å². The molecule has 0 bridgehead atoms. The van der Waals surface area contributed by atoms with Crippen LogP contribution in [0.5, 0.6) is 0 Å². The van der Waals surface area contributed by atoms with Crippen molar-refractivity contribution in [3.63, 3.8) is 0 Å². The molecule has 3 aromatic rings. The van der Waals surface area contributed by atoms with Gasteiger partial charge in [-0.3, -0.25) is 5.32 Å². The van der Waals surface area contributed by atoms with E-state index >= 15 is 0 Å². The van der Waals surface area contributed by atoms with Crippen molar-refractivity contribution in [3.8, 4) is 0 Å². The summed E-state index contributed by atoms with van der Waals surface area (Å²) in [5.41, 5.74) is 2.47. The standard InChI is InChI=1S/C17H18N2O/c1-19-10-9-14(13-19)12-18-17(16-8-5-11-20-16)15-6-3-2-4-7-15/h2-11,13,17-18H,12H2,1H3. The van der Waals surface area contributed by atoms with E-state index in [2.05, 4.69) is 52.6 Å². The summed E-state index contributed by atoms with van der Waals surface area (Å²) in [6.07, 6.45) is 5.90. The maximum absolute atomic E-state index is 5.58. The minimum atomic E-state index is 0.0754. The van der Waals surface area contributed by atoms with Crippen LogP contribution in [0.15, 0.2) is 71.6 Å². The van der Waals surface area contributed by atoms with E-state index in [0.717, 1.165) is 12.3 Å². The number of benzene rings is 1. The second-order valence-corrected chi connectivity index (χ2v) is 4.93. The van der Waals surface area contributed by atoms with Crippen LogP contribution in [0.25, 0.3) is 0 Å². The molecular formula is C17H18N2O. The van der Waals surface area contributed by atoms with E-state index in [9.17, 15) is 0 Å². The lowest BCUT2D eigenvalue weighted by atomic mass is 10.0. The second-order valence-electron chi connectivity index (χ2n) is 4.93. The normalized spacial score (nSPS) is 12.4. The summed E-state index contributed by atoms with van der Waals surface area (Å²) in [4.78, 5) is 0. The molecule has 2 heterocycles. The monoisotopic (exact) mass is 266 g/mol. The quantitative estimate of drug-likeness (QED) is 0.766. The number of aryl methyl sites for hydroxylation is 1. The van der Waals surface area contributed by atoms with Gasteiger partial charge in [-0.25, -0.2) is 0 Å². The number of aromatic nitrogens is 1. The Balaban J connectivity index is 1.80. The lowest BCUT2D eigenvalue weighted by Crippen LogP contribution is -2.21. The van der Waals surface area contributed by atoms with E-state index in [1.54, 1.807) is 6.26 Å². The molecule has 0 radical (unpaired) electrons. The van der Waals surface area contributed by atoms with E-state index in [1.165, 1.54) is 11.1 Å². The lowest BCUT2D eigenvalue weighted by molar-refractivity contribution is 0.446. The maximum atomic E-state index is 5.58. The Morgan fingerprint density at radius 2 is 1.95 bits per heavy atom. The van der Waals surface area contributed by atoms with Crippen LogP contribution in [-0.4, -0.2) is 4.57 Å². The molecule has 0 amide bonds. The maximum Gasteiger partial charge on any atom is 0.125 e. The van der Waals surface area contributed by atoms with E-state index in [4.69, 9.17) is 4.42 Å². The highest BCUT2D eigenvalue weighted by Gasteiger charge is 2.15. The molecule has 0 aliphatic rings. The highest BCUT2D eigenvalue weighted by molar-refractivity contribution is 5.26. The average molecular weight is 266 g/mol. The average Bonchev–Trinajstić information content (AvgIpc) is 3.12. The highest BCUT2D eigenvalue weighted by atomic mass is 16.3. The fraction of sp³-hybridized carbons (Fsp3) is 0.176. The first-order valence-corrected chi connectivity index (χ1v) is 6.75. The molecule has 1 aromatic carbocycles. The van der Waals surface area contributed by atoms with Crippen molar-refractivity contribution in [2.24, 2.45) is 7.05 Å². The molecule has 0 saturated carbocycles. The third-order valence-corrected chi connectivity index (χ3v) is 3.36. The number of hydrogen-bond donors (Lipinski definition) is 1. The zero-order chi connectivity index (χ0) is 13.8. The minimum absolute atomic E-state index is 0.0754. The molecule has 3 rings (SSSR count). The summed E-state index contributed by atoms with van der Waals surface area (Å²) >= 11 is 0. The number of nitrogens with zero attached hydrogens (tertiary/aromatic N) is 1. The zero-order valence-electron chi connectivity index (χ0n) is 11.5. The predicted octanol–water partition coefficient (Wildman–Crippen LogP) is 3.50. The summed E-state index contributed by atoms with van der Waals surface area (Å²) < 4.78 is 7.63. The Labute approximate surface area is 118 Å². The zero-order valence-corrected chi connectivity index (χ0v) is 11.5. The van der Waals surface area contributed by atoms with Crippen molar-refractivity contribution in [2.75, 3.05) is 0 Å². The van der Waals surface area contributed by atoms with Gasteiger partial charge in [-0.15, -0.1) is 0 Å². The van der Waals surface area contributed by atoms with E-state index in [1.807, 2.05) is 25.2 Å². The van der Waals surface area contributed by atoms with Crippen LogP contribution in [0.4, 0.5) is 0 Å². The molecule has 1 unspecified atom stereocenters. The van der Waals surface area contributed by atoms with Gasteiger partial charge < -0.3 is 8.98 Å². The Bertz CT molecular complexity index is 641. The first-order chi connectivity index (χ1) is 9.83. The van der Waals surface area contributed by atoms with Crippen molar-refractivity contribution >= 4 is 0 Å². The number of hydrogen-bond acceptors (Lipinski definition) is 2. The van der Waals surface area contributed by atoms with Gasteiger partial charge in [0.25, 0.3) is 0 Å². The molecule has 3 nitrogen and oxygen atoms in total. The van der Waals surface area contributed by atoms with Gasteiger partial charge in [0, 0.05) is 26.0 Å². The third-order valence-electron chi connectivity index (χ3n) is 3.36. The summed E-state index contributed by atoms with van der Waals surface area (Å²) in [7, 11) is 2.03. The third kappa shape index (κ3) is 2.83. The van der Waals surface area contributed by atoms with Crippen molar-refractivity contribution in [3.05, 3.63) is 84.1 Å². The molecule has 0 aliphatic carbocycles. The van der Waals surface area contributed by atoms with Gasteiger partial charge in [0.15, 0.2) is 0 Å². The predicted molar refractivity (Wildman–Crippen MR) is 79.2 cm³/mol. The largest absolute Gasteiger partial charge is 0.467 e. The molecule has 3 heteroatoms. The first kappa shape index (κ1) is 12.8. The van der Waals surface area contributed by atoms with E-state index in [-0.39, 0.29) is 6.04 Å². The van der Waals surface area contributed by atoms with Gasteiger partial charge in [-0.1, -0.05) is 30.3 Å². The molecule has 0 aliphatic heterocycles. The Morgan fingerprint density at radius 3 is 2.60 bits per heavy atom. The second kappa shape index (κ2) is 5.80. The Hall–Kier alpha value is -2.26. The molecule has 1 N–H and O–H groups in total. The van der Waals surface area contributed by atoms with Crippen LogP contribution in [0, 0.1) is 0 Å². The Kier molecular flexibility index (Phi) is 3.70. The van der Waals surface area contributed by atoms with Crippen LogP contribution in [0.3, 0.4) is 0 Å². The fourth-order valence-corrected chi connectivity index (χ4v) is 2.37. The van der Waals surface area contributed by atoms with Crippen LogP contribution in [0.1, 0.15) is 22.9 Å². The molecule has 0 saturated heterocycles. The lowest BCUT2D eigenvalue weighted by Gasteiger charge is -2.16. The number of furan rings is 1. The summed E-state index contributed by atoms with van der Waals surface area (Å²) in [5, 5.41) is 3.56. The van der Waals surface area contributed by atoms with E-state index < -0.39 is 0 Å². The smallest absolute Gasteiger partial charge is 0.125 e. The van der Waals surface area contributed by atoms with Gasteiger partial charge in [0.1, 0.15) is 5.76 Å².